The summed E-state index contributed by atoms with van der Waals surface area (Å²) in [5, 5.41) is 6.61. The van der Waals surface area contributed by atoms with Gasteiger partial charge in [-0.3, -0.25) is 9.59 Å². The van der Waals surface area contributed by atoms with E-state index < -0.39 is 11.8 Å². The second-order valence-corrected chi connectivity index (χ2v) is 5.97. The number of carbonyl (C=O) groups excluding carboxylic acids is 2. The number of hydrazone groups is 1. The van der Waals surface area contributed by atoms with Gasteiger partial charge in [-0.05, 0) is 37.3 Å². The number of ether oxygens (including phenoxy) is 3. The van der Waals surface area contributed by atoms with E-state index in [0.29, 0.717) is 41.7 Å². The number of rotatable bonds is 6. The number of benzene rings is 2. The van der Waals surface area contributed by atoms with Crippen LogP contribution in [0.4, 0.5) is 0 Å². The first-order valence-corrected chi connectivity index (χ1v) is 8.73. The van der Waals surface area contributed by atoms with Crippen LogP contribution in [0.5, 0.6) is 17.2 Å². The summed E-state index contributed by atoms with van der Waals surface area (Å²) >= 11 is 0. The van der Waals surface area contributed by atoms with Crippen LogP contribution in [0, 0.1) is 0 Å². The number of hydrogen-bond acceptors (Lipinski definition) is 6. The van der Waals surface area contributed by atoms with Gasteiger partial charge in [0.25, 0.3) is 11.8 Å². The molecule has 8 heteroatoms. The summed E-state index contributed by atoms with van der Waals surface area (Å²) < 4.78 is 16.2. The van der Waals surface area contributed by atoms with Gasteiger partial charge in [0.1, 0.15) is 19.0 Å². The summed E-state index contributed by atoms with van der Waals surface area (Å²) in [5.41, 5.74) is 4.18. The molecule has 0 saturated carbocycles. The minimum absolute atomic E-state index is 0.213. The van der Waals surface area contributed by atoms with Crippen LogP contribution in [0.2, 0.25) is 0 Å². The molecular formula is C20H21N3O5. The van der Waals surface area contributed by atoms with Crippen molar-refractivity contribution in [3.05, 3.63) is 53.6 Å². The molecule has 2 N–H and O–H groups in total. The number of methoxy groups -OCH3 is 1. The first-order chi connectivity index (χ1) is 13.6. The molecule has 2 aromatic rings. The van der Waals surface area contributed by atoms with Crippen molar-refractivity contribution in [2.75, 3.05) is 26.9 Å². The van der Waals surface area contributed by atoms with Crippen molar-refractivity contribution >= 4 is 17.5 Å². The average molecular weight is 383 g/mol. The third-order valence-electron chi connectivity index (χ3n) is 4.07. The Morgan fingerprint density at radius 3 is 2.64 bits per heavy atom. The van der Waals surface area contributed by atoms with Crippen LogP contribution in [0.15, 0.2) is 47.6 Å². The Morgan fingerprint density at radius 1 is 1.11 bits per heavy atom. The number of amides is 2. The summed E-state index contributed by atoms with van der Waals surface area (Å²) in [6.45, 7) is 2.57. The minimum atomic E-state index is -0.444. The number of nitrogens with zero attached hydrogens (tertiary/aromatic N) is 1. The Labute approximate surface area is 162 Å². The Kier molecular flexibility index (Phi) is 6.11. The fraction of sp³-hybridized carbons (Fsp3) is 0.250. The molecule has 0 atom stereocenters. The molecule has 0 unspecified atom stereocenters. The van der Waals surface area contributed by atoms with Crippen molar-refractivity contribution in [2.45, 2.75) is 6.92 Å². The molecule has 1 heterocycles. The van der Waals surface area contributed by atoms with Crippen LogP contribution in [0.1, 0.15) is 22.8 Å². The predicted molar refractivity (Wildman–Crippen MR) is 103 cm³/mol. The van der Waals surface area contributed by atoms with E-state index in [-0.39, 0.29) is 6.54 Å². The van der Waals surface area contributed by atoms with E-state index in [9.17, 15) is 9.59 Å². The second-order valence-electron chi connectivity index (χ2n) is 5.97. The van der Waals surface area contributed by atoms with Gasteiger partial charge >= 0.3 is 0 Å². The highest BCUT2D eigenvalue weighted by atomic mass is 16.6. The minimum Gasteiger partial charge on any atom is -0.496 e. The molecule has 0 saturated heterocycles. The van der Waals surface area contributed by atoms with Crippen molar-refractivity contribution in [3.8, 4) is 17.2 Å². The molecule has 2 amide bonds. The highest BCUT2D eigenvalue weighted by Gasteiger charge is 2.14. The third-order valence-corrected chi connectivity index (χ3v) is 4.07. The second kappa shape index (κ2) is 8.90. The molecule has 2 aromatic carbocycles. The fourth-order valence-corrected chi connectivity index (χ4v) is 2.61. The Morgan fingerprint density at radius 2 is 1.86 bits per heavy atom. The molecule has 0 radical (unpaired) electrons. The zero-order chi connectivity index (χ0) is 19.9. The van der Waals surface area contributed by atoms with Crippen molar-refractivity contribution in [2.24, 2.45) is 5.10 Å². The lowest BCUT2D eigenvalue weighted by Crippen LogP contribution is -2.35. The normalized spacial score (nSPS) is 12.9. The van der Waals surface area contributed by atoms with Gasteiger partial charge in [0.05, 0.1) is 24.9 Å². The molecule has 8 nitrogen and oxygen atoms in total. The molecule has 28 heavy (non-hydrogen) atoms. The van der Waals surface area contributed by atoms with Crippen molar-refractivity contribution in [3.63, 3.8) is 0 Å². The summed E-state index contributed by atoms with van der Waals surface area (Å²) in [6, 6.07) is 12.2. The van der Waals surface area contributed by atoms with E-state index in [0.717, 1.165) is 5.56 Å². The molecule has 146 valence electrons. The molecule has 1 aliphatic heterocycles. The molecule has 0 fully saturated rings. The van der Waals surface area contributed by atoms with E-state index >= 15 is 0 Å². The first kappa shape index (κ1) is 19.2. The van der Waals surface area contributed by atoms with Crippen LogP contribution in [-0.4, -0.2) is 44.4 Å². The van der Waals surface area contributed by atoms with Crippen molar-refractivity contribution in [1.29, 1.82) is 0 Å². The van der Waals surface area contributed by atoms with Crippen LogP contribution in [-0.2, 0) is 4.79 Å². The van der Waals surface area contributed by atoms with Gasteiger partial charge in [-0.15, -0.1) is 0 Å². The van der Waals surface area contributed by atoms with Gasteiger partial charge in [-0.25, -0.2) is 5.43 Å². The highest BCUT2D eigenvalue weighted by Crippen LogP contribution is 2.30. The zero-order valence-electron chi connectivity index (χ0n) is 15.7. The molecule has 0 aromatic heterocycles. The summed E-state index contributed by atoms with van der Waals surface area (Å²) in [7, 11) is 1.48. The number of carbonyl (C=O) groups is 2. The lowest BCUT2D eigenvalue weighted by atomic mass is 10.1. The van der Waals surface area contributed by atoms with Crippen molar-refractivity contribution in [1.82, 2.24) is 10.7 Å². The molecule has 3 rings (SSSR count). The molecular weight excluding hydrogens is 362 g/mol. The number of nitrogens with one attached hydrogen (secondary N) is 2. The topological polar surface area (TPSA) is 98.2 Å². The van der Waals surface area contributed by atoms with Crippen LogP contribution < -0.4 is 25.0 Å². The van der Waals surface area contributed by atoms with E-state index in [2.05, 4.69) is 15.8 Å². The fourth-order valence-electron chi connectivity index (χ4n) is 2.61. The van der Waals surface area contributed by atoms with E-state index in [1.54, 1.807) is 37.3 Å². The van der Waals surface area contributed by atoms with E-state index in [1.807, 2.05) is 12.1 Å². The summed E-state index contributed by atoms with van der Waals surface area (Å²) in [4.78, 5) is 24.2. The maximum absolute atomic E-state index is 12.2. The van der Waals surface area contributed by atoms with Crippen LogP contribution >= 0.6 is 0 Å². The smallest absolute Gasteiger partial charge is 0.259 e. The lowest BCUT2D eigenvalue weighted by molar-refractivity contribution is -0.120. The van der Waals surface area contributed by atoms with Gasteiger partial charge in [0, 0.05) is 5.56 Å². The molecule has 0 bridgehead atoms. The Bertz CT molecular complexity index is 910. The maximum atomic E-state index is 12.2. The monoisotopic (exact) mass is 383 g/mol. The first-order valence-electron chi connectivity index (χ1n) is 8.73. The van der Waals surface area contributed by atoms with E-state index in [4.69, 9.17) is 14.2 Å². The van der Waals surface area contributed by atoms with Crippen LogP contribution in [0.3, 0.4) is 0 Å². The lowest BCUT2D eigenvalue weighted by Gasteiger charge is -2.18. The van der Waals surface area contributed by atoms with Gasteiger partial charge in [-0.1, -0.05) is 12.1 Å². The summed E-state index contributed by atoms with van der Waals surface area (Å²) in [6.07, 6.45) is 0. The van der Waals surface area contributed by atoms with Crippen molar-refractivity contribution < 1.29 is 23.8 Å². The molecule has 1 aliphatic rings. The predicted octanol–water partition coefficient (Wildman–Crippen LogP) is 1.74. The van der Waals surface area contributed by atoms with Gasteiger partial charge in [-0.2, -0.15) is 5.10 Å². The van der Waals surface area contributed by atoms with Gasteiger partial charge in [0.15, 0.2) is 11.5 Å². The quantitative estimate of drug-likeness (QED) is 0.585. The number of hydrogen-bond donors (Lipinski definition) is 2. The maximum Gasteiger partial charge on any atom is 0.259 e. The Hall–Kier alpha value is -3.55. The number of fused-ring (bicyclic) bond motifs is 1. The Balaban J connectivity index is 1.55. The highest BCUT2D eigenvalue weighted by molar-refractivity contribution is 6.01. The average Bonchev–Trinajstić information content (AvgIpc) is 2.75. The summed E-state index contributed by atoms with van der Waals surface area (Å²) in [5.74, 6) is 0.924. The number of para-hydroxylation sites is 1. The van der Waals surface area contributed by atoms with Crippen LogP contribution in [0.25, 0.3) is 0 Å². The van der Waals surface area contributed by atoms with E-state index in [1.165, 1.54) is 7.11 Å². The molecule has 0 aliphatic carbocycles. The SMILES string of the molecule is COc1ccccc1C(=O)NCC(=O)NN=C(C)c1ccc2c(c1)OCCO2. The third kappa shape index (κ3) is 4.59. The zero-order valence-corrected chi connectivity index (χ0v) is 15.7. The van der Waals surface area contributed by atoms with Gasteiger partial charge < -0.3 is 19.5 Å². The standard InChI is InChI=1S/C20H21N3O5/c1-13(14-7-8-17-18(11-14)28-10-9-27-17)22-23-19(24)12-21-20(25)15-5-3-4-6-16(15)26-2/h3-8,11H,9-10,12H2,1-2H3,(H,21,25)(H,23,24). The van der Waals surface area contributed by atoms with Gasteiger partial charge in [0.2, 0.25) is 0 Å². The molecule has 0 spiro atoms. The largest absolute Gasteiger partial charge is 0.496 e.